The summed E-state index contributed by atoms with van der Waals surface area (Å²) in [6.45, 7) is 1.42. The maximum atomic E-state index is 12.0. The Morgan fingerprint density at radius 3 is 2.70 bits per heavy atom. The number of ether oxygens (including phenoxy) is 2. The van der Waals surface area contributed by atoms with Crippen LogP contribution in [0.1, 0.15) is 6.92 Å². The Hall–Kier alpha value is -3.54. The molecule has 0 aliphatic heterocycles. The summed E-state index contributed by atoms with van der Waals surface area (Å²) in [4.78, 5) is 23.2. The van der Waals surface area contributed by atoms with Crippen molar-refractivity contribution in [2.45, 2.75) is 6.92 Å². The second kappa shape index (κ2) is 6.64. The number of carbonyl (C=O) groups excluding carboxylic acids is 1. The van der Waals surface area contributed by atoms with Crippen LogP contribution in [-0.2, 0) is 4.79 Å². The van der Waals surface area contributed by atoms with Gasteiger partial charge in [-0.15, -0.1) is 0 Å². The second-order valence-electron chi connectivity index (χ2n) is 6.12. The average molecular weight is 364 g/mol. The van der Waals surface area contributed by atoms with E-state index in [1.807, 2.05) is 18.2 Å². The summed E-state index contributed by atoms with van der Waals surface area (Å²) in [6, 6.07) is 13.8. The SMILES string of the molecule is COc1cccc2cc(-c3cc(=O)oc4ccc(OCC(C)=O)cc34)oc12. The lowest BCUT2D eigenvalue weighted by molar-refractivity contribution is -0.118. The summed E-state index contributed by atoms with van der Waals surface area (Å²) < 4.78 is 22.1. The molecule has 4 rings (SSSR count). The Bertz CT molecular complexity index is 1210. The monoisotopic (exact) mass is 364 g/mol. The molecule has 6 heteroatoms. The van der Waals surface area contributed by atoms with Gasteiger partial charge >= 0.3 is 5.63 Å². The normalized spacial score (nSPS) is 11.0. The minimum Gasteiger partial charge on any atom is -0.493 e. The fraction of sp³-hybridized carbons (Fsp3) is 0.143. The van der Waals surface area contributed by atoms with E-state index in [-0.39, 0.29) is 12.4 Å². The van der Waals surface area contributed by atoms with E-state index in [2.05, 4.69) is 0 Å². The summed E-state index contributed by atoms with van der Waals surface area (Å²) in [5.74, 6) is 1.54. The molecule has 0 spiro atoms. The number of furan rings is 1. The van der Waals surface area contributed by atoms with Gasteiger partial charge in [-0.3, -0.25) is 4.79 Å². The van der Waals surface area contributed by atoms with Crippen LogP contribution >= 0.6 is 0 Å². The number of carbonyl (C=O) groups is 1. The van der Waals surface area contributed by atoms with Crippen LogP contribution in [0.3, 0.4) is 0 Å². The fourth-order valence-electron chi connectivity index (χ4n) is 2.95. The summed E-state index contributed by atoms with van der Waals surface area (Å²) >= 11 is 0. The molecule has 6 nitrogen and oxygen atoms in total. The molecule has 0 atom stereocenters. The highest BCUT2D eigenvalue weighted by atomic mass is 16.5. The van der Waals surface area contributed by atoms with Gasteiger partial charge in [0.2, 0.25) is 0 Å². The van der Waals surface area contributed by atoms with Gasteiger partial charge in [0.25, 0.3) is 0 Å². The highest BCUT2D eigenvalue weighted by molar-refractivity contribution is 5.96. The predicted molar refractivity (Wildman–Crippen MR) is 100 cm³/mol. The largest absolute Gasteiger partial charge is 0.493 e. The van der Waals surface area contributed by atoms with E-state index >= 15 is 0 Å². The van der Waals surface area contributed by atoms with Crippen LogP contribution in [0.4, 0.5) is 0 Å². The number of hydrogen-bond acceptors (Lipinski definition) is 6. The molecule has 0 saturated carbocycles. The minimum atomic E-state index is -0.484. The Balaban J connectivity index is 1.90. The number of para-hydroxylation sites is 1. The molecule has 2 aromatic heterocycles. The Morgan fingerprint density at radius 2 is 1.93 bits per heavy atom. The molecule has 136 valence electrons. The zero-order valence-electron chi connectivity index (χ0n) is 14.8. The van der Waals surface area contributed by atoms with E-state index in [0.29, 0.717) is 39.4 Å². The number of ketones is 1. The first-order valence-electron chi connectivity index (χ1n) is 8.32. The number of rotatable bonds is 5. The van der Waals surface area contributed by atoms with E-state index in [1.54, 1.807) is 31.4 Å². The molecule has 2 aromatic carbocycles. The van der Waals surface area contributed by atoms with Gasteiger partial charge in [0.1, 0.15) is 23.7 Å². The van der Waals surface area contributed by atoms with Crippen LogP contribution in [0.5, 0.6) is 11.5 Å². The van der Waals surface area contributed by atoms with E-state index < -0.39 is 5.63 Å². The van der Waals surface area contributed by atoms with Gasteiger partial charge in [-0.1, -0.05) is 12.1 Å². The van der Waals surface area contributed by atoms with Gasteiger partial charge in [-0.25, -0.2) is 4.79 Å². The second-order valence-corrected chi connectivity index (χ2v) is 6.12. The van der Waals surface area contributed by atoms with E-state index in [9.17, 15) is 9.59 Å². The first kappa shape index (κ1) is 16.9. The Morgan fingerprint density at radius 1 is 1.07 bits per heavy atom. The van der Waals surface area contributed by atoms with Crippen molar-refractivity contribution in [3.05, 3.63) is 59.0 Å². The third-order valence-corrected chi connectivity index (χ3v) is 4.15. The maximum absolute atomic E-state index is 12.0. The van der Waals surface area contributed by atoms with Crippen LogP contribution in [0.2, 0.25) is 0 Å². The molecule has 0 radical (unpaired) electrons. The lowest BCUT2D eigenvalue weighted by Gasteiger charge is -2.07. The van der Waals surface area contributed by atoms with Crippen molar-refractivity contribution in [3.63, 3.8) is 0 Å². The van der Waals surface area contributed by atoms with Gasteiger partial charge in [0.15, 0.2) is 17.1 Å². The molecule has 0 N–H and O–H groups in total. The number of hydrogen-bond donors (Lipinski definition) is 0. The third-order valence-electron chi connectivity index (χ3n) is 4.15. The molecule has 27 heavy (non-hydrogen) atoms. The molecule has 0 aliphatic rings. The van der Waals surface area contributed by atoms with Crippen molar-refractivity contribution in [2.75, 3.05) is 13.7 Å². The number of fused-ring (bicyclic) bond motifs is 2. The van der Waals surface area contributed by atoms with Gasteiger partial charge < -0.3 is 18.3 Å². The van der Waals surface area contributed by atoms with Crippen molar-refractivity contribution in [2.24, 2.45) is 0 Å². The van der Waals surface area contributed by atoms with Crippen molar-refractivity contribution in [3.8, 4) is 22.8 Å². The zero-order chi connectivity index (χ0) is 19.0. The maximum Gasteiger partial charge on any atom is 0.336 e. The van der Waals surface area contributed by atoms with Gasteiger partial charge in [-0.2, -0.15) is 0 Å². The molecule has 0 amide bonds. The third kappa shape index (κ3) is 3.17. The molecule has 0 fully saturated rings. The summed E-state index contributed by atoms with van der Waals surface area (Å²) in [5.41, 5.74) is 1.09. The predicted octanol–water partition coefficient (Wildman–Crippen LogP) is 4.18. The van der Waals surface area contributed by atoms with Crippen molar-refractivity contribution >= 4 is 27.7 Å². The summed E-state index contributed by atoms with van der Waals surface area (Å²) in [7, 11) is 1.57. The number of benzene rings is 2. The first-order valence-corrected chi connectivity index (χ1v) is 8.32. The highest BCUT2D eigenvalue weighted by Gasteiger charge is 2.15. The first-order chi connectivity index (χ1) is 13.0. The van der Waals surface area contributed by atoms with Crippen molar-refractivity contribution in [1.29, 1.82) is 0 Å². The molecule has 0 bridgehead atoms. The fourth-order valence-corrected chi connectivity index (χ4v) is 2.95. The van der Waals surface area contributed by atoms with E-state index in [1.165, 1.54) is 13.0 Å². The van der Waals surface area contributed by atoms with Crippen molar-refractivity contribution in [1.82, 2.24) is 0 Å². The van der Waals surface area contributed by atoms with Crippen LogP contribution in [0.15, 0.2) is 62.2 Å². The van der Waals surface area contributed by atoms with Crippen LogP contribution < -0.4 is 15.1 Å². The summed E-state index contributed by atoms with van der Waals surface area (Å²) in [6.07, 6.45) is 0. The lowest BCUT2D eigenvalue weighted by Crippen LogP contribution is -2.06. The lowest BCUT2D eigenvalue weighted by atomic mass is 10.1. The smallest absolute Gasteiger partial charge is 0.336 e. The van der Waals surface area contributed by atoms with Crippen LogP contribution in [-0.4, -0.2) is 19.5 Å². The quantitative estimate of drug-likeness (QED) is 0.494. The van der Waals surface area contributed by atoms with E-state index in [0.717, 1.165) is 5.39 Å². The Labute approximate surface area is 153 Å². The van der Waals surface area contributed by atoms with Gasteiger partial charge in [-0.05, 0) is 37.3 Å². The standard InChI is InChI=1S/C21H16O6/c1-12(22)11-25-14-6-7-17-15(9-14)16(10-20(23)26-17)19-8-13-4-3-5-18(24-2)21(13)27-19/h3-10H,11H2,1-2H3. The molecule has 4 aromatic rings. The minimum absolute atomic E-state index is 0.0283. The average Bonchev–Trinajstić information content (AvgIpc) is 3.09. The molecular formula is C21H16O6. The van der Waals surface area contributed by atoms with Crippen LogP contribution in [0, 0.1) is 0 Å². The summed E-state index contributed by atoms with van der Waals surface area (Å²) in [5, 5.41) is 1.50. The molecule has 0 aliphatic carbocycles. The van der Waals surface area contributed by atoms with Gasteiger partial charge in [0, 0.05) is 22.4 Å². The number of Topliss-reactive ketones (excluding diaryl/α,β-unsaturated/α-hetero) is 1. The molecule has 0 unspecified atom stereocenters. The van der Waals surface area contributed by atoms with E-state index in [4.69, 9.17) is 18.3 Å². The Kier molecular flexibility index (Phi) is 4.16. The molecule has 2 heterocycles. The topological polar surface area (TPSA) is 78.9 Å². The molecular weight excluding hydrogens is 348 g/mol. The highest BCUT2D eigenvalue weighted by Crippen LogP contribution is 2.36. The number of methoxy groups -OCH3 is 1. The zero-order valence-corrected chi connectivity index (χ0v) is 14.8. The van der Waals surface area contributed by atoms with Gasteiger partial charge in [0.05, 0.1) is 7.11 Å². The van der Waals surface area contributed by atoms with Crippen LogP contribution in [0.25, 0.3) is 33.3 Å². The molecule has 0 saturated heterocycles. The van der Waals surface area contributed by atoms with Crippen molar-refractivity contribution < 1.29 is 23.1 Å².